The van der Waals surface area contributed by atoms with E-state index < -0.39 is 35.4 Å². The van der Waals surface area contributed by atoms with Gasteiger partial charge in [-0.25, -0.2) is 13.6 Å². The largest absolute Gasteiger partial charge is 0.478 e. The van der Waals surface area contributed by atoms with E-state index in [4.69, 9.17) is 5.11 Å². The summed E-state index contributed by atoms with van der Waals surface area (Å²) in [6.45, 7) is 0. The molecule has 0 unspecified atom stereocenters. The normalized spacial score (nSPS) is 11.9. The van der Waals surface area contributed by atoms with Crippen molar-refractivity contribution in [3.63, 3.8) is 0 Å². The van der Waals surface area contributed by atoms with Gasteiger partial charge >= 0.3 is 12.1 Å². The van der Waals surface area contributed by atoms with Crippen LogP contribution in [0.2, 0.25) is 0 Å². The Morgan fingerprint density at radius 3 is 2.31 bits per heavy atom. The number of carboxylic acids is 1. The molecule has 16 heavy (non-hydrogen) atoms. The number of nitrogens with zero attached hydrogens (tertiary/aromatic N) is 1. The minimum Gasteiger partial charge on any atom is -0.478 e. The summed E-state index contributed by atoms with van der Waals surface area (Å²) >= 11 is 0. The molecule has 1 aromatic heterocycles. The fourth-order valence-electron chi connectivity index (χ4n) is 1.10. The van der Waals surface area contributed by atoms with Gasteiger partial charge in [-0.3, -0.25) is 4.98 Å². The Balaban J connectivity index is 3.52. The highest BCUT2D eigenvalue weighted by atomic mass is 19.4. The molecule has 0 bridgehead atoms. The molecule has 0 aliphatic carbocycles. The highest BCUT2D eigenvalue weighted by Crippen LogP contribution is 2.34. The van der Waals surface area contributed by atoms with Crippen LogP contribution >= 0.6 is 0 Å². The first-order chi connectivity index (χ1) is 7.25. The number of halogens is 5. The zero-order valence-electron chi connectivity index (χ0n) is 7.42. The third-order valence-corrected chi connectivity index (χ3v) is 1.70. The van der Waals surface area contributed by atoms with E-state index in [0.29, 0.717) is 12.3 Å². The Morgan fingerprint density at radius 1 is 1.38 bits per heavy atom. The highest BCUT2D eigenvalue weighted by molar-refractivity contribution is 5.91. The van der Waals surface area contributed by atoms with Gasteiger partial charge in [0.25, 0.3) is 6.43 Å². The Morgan fingerprint density at radius 2 is 1.94 bits per heavy atom. The molecule has 0 atom stereocenters. The molecular weight excluding hydrogens is 237 g/mol. The number of hydrogen-bond donors (Lipinski definition) is 1. The molecule has 1 heterocycles. The minimum atomic E-state index is -5.08. The lowest BCUT2D eigenvalue weighted by Crippen LogP contribution is -2.17. The van der Waals surface area contributed by atoms with Crippen molar-refractivity contribution in [2.75, 3.05) is 0 Å². The first-order valence-electron chi connectivity index (χ1n) is 3.82. The Labute approximate surface area is 85.5 Å². The molecule has 0 amide bonds. The number of aromatic nitrogens is 1. The summed E-state index contributed by atoms with van der Waals surface area (Å²) in [6.07, 6.45) is -7.90. The zero-order chi connectivity index (χ0) is 12.5. The lowest BCUT2D eigenvalue weighted by molar-refractivity contribution is -0.141. The SMILES string of the molecule is O=C(O)c1c(C(F)F)ccnc1C(F)(F)F. The summed E-state index contributed by atoms with van der Waals surface area (Å²) in [5.41, 5.74) is -4.53. The van der Waals surface area contributed by atoms with E-state index in [9.17, 15) is 26.7 Å². The number of rotatable bonds is 2. The molecule has 0 aliphatic rings. The maximum Gasteiger partial charge on any atom is 0.434 e. The number of aromatic carboxylic acids is 1. The zero-order valence-corrected chi connectivity index (χ0v) is 7.42. The molecule has 88 valence electrons. The topological polar surface area (TPSA) is 50.2 Å². The second-order valence-electron chi connectivity index (χ2n) is 2.73. The van der Waals surface area contributed by atoms with E-state index in [1.165, 1.54) is 0 Å². The van der Waals surface area contributed by atoms with Crippen molar-refractivity contribution in [3.05, 3.63) is 29.1 Å². The van der Waals surface area contributed by atoms with Crippen LogP contribution in [0.5, 0.6) is 0 Å². The van der Waals surface area contributed by atoms with Crippen LogP contribution < -0.4 is 0 Å². The summed E-state index contributed by atoms with van der Waals surface area (Å²) in [5.74, 6) is -2.09. The summed E-state index contributed by atoms with van der Waals surface area (Å²) in [4.78, 5) is 13.3. The van der Waals surface area contributed by atoms with Gasteiger partial charge in [-0.1, -0.05) is 0 Å². The number of carbonyl (C=O) groups is 1. The van der Waals surface area contributed by atoms with Crippen molar-refractivity contribution >= 4 is 5.97 Å². The van der Waals surface area contributed by atoms with E-state index in [1.54, 1.807) is 0 Å². The van der Waals surface area contributed by atoms with Gasteiger partial charge < -0.3 is 5.11 Å². The van der Waals surface area contributed by atoms with Crippen LogP contribution in [-0.4, -0.2) is 16.1 Å². The van der Waals surface area contributed by atoms with Gasteiger partial charge in [0.1, 0.15) is 0 Å². The standard InChI is InChI=1S/C8H4F5NO2/c9-6(10)3-1-2-14-5(8(11,12)13)4(3)7(15)16/h1-2,6H,(H,15,16). The third kappa shape index (κ3) is 2.26. The van der Waals surface area contributed by atoms with Crippen LogP contribution in [0.4, 0.5) is 22.0 Å². The average Bonchev–Trinajstić information content (AvgIpc) is 2.14. The lowest BCUT2D eigenvalue weighted by Gasteiger charge is -2.11. The fourth-order valence-corrected chi connectivity index (χ4v) is 1.10. The van der Waals surface area contributed by atoms with Crippen molar-refractivity contribution in [1.82, 2.24) is 4.98 Å². The maximum absolute atomic E-state index is 12.3. The van der Waals surface area contributed by atoms with Crippen molar-refractivity contribution in [1.29, 1.82) is 0 Å². The van der Waals surface area contributed by atoms with Crippen molar-refractivity contribution in [3.8, 4) is 0 Å². The first kappa shape index (κ1) is 12.3. The lowest BCUT2D eigenvalue weighted by atomic mass is 10.1. The van der Waals surface area contributed by atoms with Gasteiger partial charge in [0.05, 0.1) is 5.56 Å². The molecule has 1 aromatic rings. The van der Waals surface area contributed by atoms with Gasteiger partial charge in [-0.05, 0) is 6.07 Å². The molecule has 1 N–H and O–H groups in total. The van der Waals surface area contributed by atoms with Crippen LogP contribution in [0.3, 0.4) is 0 Å². The van der Waals surface area contributed by atoms with Gasteiger partial charge in [0.15, 0.2) is 5.69 Å². The Kier molecular flexibility index (Phi) is 3.11. The second kappa shape index (κ2) is 4.03. The second-order valence-corrected chi connectivity index (χ2v) is 2.73. The van der Waals surface area contributed by atoms with Gasteiger partial charge in [0.2, 0.25) is 0 Å². The van der Waals surface area contributed by atoms with Crippen LogP contribution in [0.1, 0.15) is 28.0 Å². The highest BCUT2D eigenvalue weighted by Gasteiger charge is 2.39. The van der Waals surface area contributed by atoms with Crippen LogP contribution in [0, 0.1) is 0 Å². The summed E-state index contributed by atoms with van der Waals surface area (Å²) in [6, 6.07) is 0.545. The predicted octanol–water partition coefficient (Wildman–Crippen LogP) is 2.74. The van der Waals surface area contributed by atoms with Gasteiger partial charge in [-0.15, -0.1) is 0 Å². The van der Waals surface area contributed by atoms with E-state index >= 15 is 0 Å². The number of pyridine rings is 1. The molecule has 0 saturated heterocycles. The van der Waals surface area contributed by atoms with Crippen LogP contribution in [0.25, 0.3) is 0 Å². The summed E-state index contributed by atoms with van der Waals surface area (Å²) < 4.78 is 61.4. The quantitative estimate of drug-likeness (QED) is 0.810. The molecule has 0 fully saturated rings. The van der Waals surface area contributed by atoms with Crippen LogP contribution in [-0.2, 0) is 6.18 Å². The monoisotopic (exact) mass is 241 g/mol. The molecule has 8 heteroatoms. The molecule has 0 aliphatic heterocycles. The number of carboxylic acid groups (broad SMARTS) is 1. The van der Waals surface area contributed by atoms with Gasteiger partial charge in [0, 0.05) is 11.8 Å². The van der Waals surface area contributed by atoms with Crippen molar-refractivity contribution in [2.45, 2.75) is 12.6 Å². The average molecular weight is 241 g/mol. The Bertz CT molecular complexity index is 415. The molecule has 0 radical (unpaired) electrons. The number of hydrogen-bond acceptors (Lipinski definition) is 2. The molecule has 0 saturated carbocycles. The van der Waals surface area contributed by atoms with E-state index in [0.717, 1.165) is 0 Å². The molecule has 3 nitrogen and oxygen atoms in total. The van der Waals surface area contributed by atoms with Gasteiger partial charge in [-0.2, -0.15) is 13.2 Å². The van der Waals surface area contributed by atoms with E-state index in [2.05, 4.69) is 4.98 Å². The number of alkyl halides is 5. The van der Waals surface area contributed by atoms with Crippen molar-refractivity contribution in [2.24, 2.45) is 0 Å². The van der Waals surface area contributed by atoms with E-state index in [-0.39, 0.29) is 0 Å². The minimum absolute atomic E-state index is 0.497. The molecular formula is C8H4F5NO2. The fraction of sp³-hybridized carbons (Fsp3) is 0.250. The Hall–Kier alpha value is -1.73. The van der Waals surface area contributed by atoms with Crippen molar-refractivity contribution < 1.29 is 31.9 Å². The predicted molar refractivity (Wildman–Crippen MR) is 41.2 cm³/mol. The maximum atomic E-state index is 12.3. The smallest absolute Gasteiger partial charge is 0.434 e. The third-order valence-electron chi connectivity index (χ3n) is 1.70. The molecule has 0 spiro atoms. The first-order valence-corrected chi connectivity index (χ1v) is 3.82. The molecule has 1 rings (SSSR count). The molecule has 0 aromatic carbocycles. The summed E-state index contributed by atoms with van der Waals surface area (Å²) in [7, 11) is 0. The van der Waals surface area contributed by atoms with E-state index in [1.807, 2.05) is 0 Å². The van der Waals surface area contributed by atoms with Crippen LogP contribution in [0.15, 0.2) is 12.3 Å². The summed E-state index contributed by atoms with van der Waals surface area (Å²) in [5, 5.41) is 8.49.